The molecule has 0 heterocycles. The summed E-state index contributed by atoms with van der Waals surface area (Å²) in [6, 6.07) is 23.0. The quantitative estimate of drug-likeness (QED) is 0.406. The van der Waals surface area contributed by atoms with Crippen molar-refractivity contribution in [3.8, 4) is 22.3 Å². The zero-order valence-corrected chi connectivity index (χ0v) is 20.0. The average molecular weight is 427 g/mol. The number of hydrogen-bond donors (Lipinski definition) is 1. The summed E-state index contributed by atoms with van der Waals surface area (Å²) in [6.07, 6.45) is 8.77. The molecule has 0 aliphatic heterocycles. The number of aryl methyl sites for hydroxylation is 4. The van der Waals surface area contributed by atoms with Crippen LogP contribution in [-0.2, 0) is 19.3 Å². The van der Waals surface area contributed by atoms with E-state index in [0.717, 1.165) is 38.0 Å². The van der Waals surface area contributed by atoms with E-state index < -0.39 is 0 Å². The Morgan fingerprint density at radius 2 is 1.28 bits per heavy atom. The standard InChI is InChI=1S/C31H38O/c1-4-25-20-29(21-26(5-2)31(25)28-14-6-22(3)7-15-28)27-16-10-23(11-17-27)8-9-24-12-18-30(32)19-13-24/h6-7,10-11,14-17,20-21,24,30,32H,4-5,8-9,12-13,18-19H2,1-3H3. The van der Waals surface area contributed by atoms with Gasteiger partial charge in [-0.3, -0.25) is 0 Å². The van der Waals surface area contributed by atoms with E-state index >= 15 is 0 Å². The van der Waals surface area contributed by atoms with Gasteiger partial charge >= 0.3 is 0 Å². The zero-order chi connectivity index (χ0) is 22.5. The topological polar surface area (TPSA) is 20.2 Å². The van der Waals surface area contributed by atoms with Crippen molar-refractivity contribution < 1.29 is 5.11 Å². The molecule has 4 rings (SSSR count). The largest absolute Gasteiger partial charge is 0.393 e. The number of aliphatic hydroxyl groups is 1. The summed E-state index contributed by atoms with van der Waals surface area (Å²) in [5.41, 5.74) is 11.0. The van der Waals surface area contributed by atoms with Crippen molar-refractivity contribution >= 4 is 0 Å². The summed E-state index contributed by atoms with van der Waals surface area (Å²) in [7, 11) is 0. The molecule has 0 saturated heterocycles. The van der Waals surface area contributed by atoms with E-state index in [4.69, 9.17) is 0 Å². The summed E-state index contributed by atoms with van der Waals surface area (Å²) >= 11 is 0. The van der Waals surface area contributed by atoms with Gasteiger partial charge in [-0.1, -0.05) is 80.1 Å². The van der Waals surface area contributed by atoms with Gasteiger partial charge in [0.2, 0.25) is 0 Å². The molecule has 1 N–H and O–H groups in total. The van der Waals surface area contributed by atoms with Crippen LogP contribution in [0.3, 0.4) is 0 Å². The second-order valence-electron chi connectivity index (χ2n) is 9.65. The van der Waals surface area contributed by atoms with Gasteiger partial charge in [0, 0.05) is 0 Å². The highest BCUT2D eigenvalue weighted by molar-refractivity contribution is 5.77. The van der Waals surface area contributed by atoms with Crippen LogP contribution in [0.25, 0.3) is 22.3 Å². The van der Waals surface area contributed by atoms with Crippen molar-refractivity contribution in [3.05, 3.63) is 82.9 Å². The molecule has 0 aromatic heterocycles. The van der Waals surface area contributed by atoms with Gasteiger partial charge in [-0.2, -0.15) is 0 Å². The van der Waals surface area contributed by atoms with Crippen molar-refractivity contribution in [2.45, 2.75) is 78.2 Å². The first kappa shape index (κ1) is 22.8. The van der Waals surface area contributed by atoms with Gasteiger partial charge in [-0.05, 0) is 103 Å². The van der Waals surface area contributed by atoms with E-state index in [1.807, 2.05) is 0 Å². The molecule has 168 valence electrons. The van der Waals surface area contributed by atoms with E-state index in [9.17, 15) is 5.11 Å². The van der Waals surface area contributed by atoms with Gasteiger partial charge in [0.1, 0.15) is 0 Å². The molecule has 1 heteroatoms. The second-order valence-corrected chi connectivity index (χ2v) is 9.65. The van der Waals surface area contributed by atoms with Crippen LogP contribution in [0.1, 0.15) is 68.2 Å². The predicted molar refractivity (Wildman–Crippen MR) is 137 cm³/mol. The van der Waals surface area contributed by atoms with Gasteiger partial charge < -0.3 is 5.11 Å². The lowest BCUT2D eigenvalue weighted by molar-refractivity contribution is 0.106. The Morgan fingerprint density at radius 3 is 1.84 bits per heavy atom. The van der Waals surface area contributed by atoms with E-state index in [2.05, 4.69) is 81.4 Å². The lowest BCUT2D eigenvalue weighted by Gasteiger charge is -2.25. The van der Waals surface area contributed by atoms with Crippen molar-refractivity contribution in [2.24, 2.45) is 5.92 Å². The third kappa shape index (κ3) is 5.33. The van der Waals surface area contributed by atoms with Gasteiger partial charge in [0.25, 0.3) is 0 Å². The fourth-order valence-corrected chi connectivity index (χ4v) is 5.25. The minimum Gasteiger partial charge on any atom is -0.393 e. The minimum atomic E-state index is -0.0519. The van der Waals surface area contributed by atoms with E-state index in [1.165, 1.54) is 63.8 Å². The Hall–Kier alpha value is -2.38. The smallest absolute Gasteiger partial charge is 0.0540 e. The molecule has 32 heavy (non-hydrogen) atoms. The molecule has 1 aliphatic carbocycles. The maximum absolute atomic E-state index is 9.72. The fraction of sp³-hybridized carbons (Fsp3) is 0.419. The lowest BCUT2D eigenvalue weighted by Crippen LogP contribution is -2.18. The summed E-state index contributed by atoms with van der Waals surface area (Å²) in [6.45, 7) is 6.69. The first-order valence-electron chi connectivity index (χ1n) is 12.6. The van der Waals surface area contributed by atoms with E-state index in [0.29, 0.717) is 0 Å². The first-order chi connectivity index (χ1) is 15.6. The third-order valence-electron chi connectivity index (χ3n) is 7.35. The second kappa shape index (κ2) is 10.5. The molecule has 1 saturated carbocycles. The summed E-state index contributed by atoms with van der Waals surface area (Å²) < 4.78 is 0. The molecule has 0 amide bonds. The monoisotopic (exact) mass is 426 g/mol. The Bertz CT molecular complexity index is 980. The Labute approximate surface area is 194 Å². The van der Waals surface area contributed by atoms with Crippen LogP contribution in [0.4, 0.5) is 0 Å². The van der Waals surface area contributed by atoms with Crippen molar-refractivity contribution in [1.29, 1.82) is 0 Å². The maximum atomic E-state index is 9.72. The minimum absolute atomic E-state index is 0.0519. The number of rotatable bonds is 7. The van der Waals surface area contributed by atoms with Crippen molar-refractivity contribution in [1.82, 2.24) is 0 Å². The summed E-state index contributed by atoms with van der Waals surface area (Å²) in [4.78, 5) is 0. The lowest BCUT2D eigenvalue weighted by atomic mass is 9.83. The highest BCUT2D eigenvalue weighted by Gasteiger charge is 2.19. The number of aliphatic hydroxyl groups excluding tert-OH is 1. The molecule has 3 aromatic carbocycles. The first-order valence-corrected chi connectivity index (χ1v) is 12.6. The van der Waals surface area contributed by atoms with Gasteiger partial charge in [-0.15, -0.1) is 0 Å². The molecule has 0 atom stereocenters. The third-order valence-corrected chi connectivity index (χ3v) is 7.35. The molecular formula is C31H38O. The van der Waals surface area contributed by atoms with E-state index in [1.54, 1.807) is 0 Å². The number of hydrogen-bond acceptors (Lipinski definition) is 1. The summed E-state index contributed by atoms with van der Waals surface area (Å²) in [5.74, 6) is 0.784. The van der Waals surface area contributed by atoms with Crippen LogP contribution < -0.4 is 0 Å². The SMILES string of the molecule is CCc1cc(-c2ccc(CCC3CCC(O)CC3)cc2)cc(CC)c1-c1ccc(C)cc1. The normalized spacial score (nSPS) is 18.6. The molecule has 0 unspecified atom stereocenters. The molecule has 1 nitrogen and oxygen atoms in total. The van der Waals surface area contributed by atoms with Crippen LogP contribution in [0.5, 0.6) is 0 Å². The Balaban J connectivity index is 1.53. The van der Waals surface area contributed by atoms with Crippen LogP contribution >= 0.6 is 0 Å². The molecule has 0 radical (unpaired) electrons. The van der Waals surface area contributed by atoms with Gasteiger partial charge in [0.15, 0.2) is 0 Å². The van der Waals surface area contributed by atoms with Crippen LogP contribution in [-0.4, -0.2) is 11.2 Å². The molecule has 3 aromatic rings. The highest BCUT2D eigenvalue weighted by Crippen LogP contribution is 2.34. The van der Waals surface area contributed by atoms with Crippen LogP contribution in [0, 0.1) is 12.8 Å². The fourth-order valence-electron chi connectivity index (χ4n) is 5.25. The maximum Gasteiger partial charge on any atom is 0.0540 e. The summed E-state index contributed by atoms with van der Waals surface area (Å²) in [5, 5.41) is 9.72. The predicted octanol–water partition coefficient (Wildman–Crippen LogP) is 7.94. The average Bonchev–Trinajstić information content (AvgIpc) is 2.84. The van der Waals surface area contributed by atoms with E-state index in [-0.39, 0.29) is 6.10 Å². The zero-order valence-electron chi connectivity index (χ0n) is 20.0. The Morgan fingerprint density at radius 1 is 0.719 bits per heavy atom. The van der Waals surface area contributed by atoms with Gasteiger partial charge in [-0.25, -0.2) is 0 Å². The van der Waals surface area contributed by atoms with Crippen molar-refractivity contribution in [2.75, 3.05) is 0 Å². The van der Waals surface area contributed by atoms with Gasteiger partial charge in [0.05, 0.1) is 6.10 Å². The molecular weight excluding hydrogens is 388 g/mol. The molecule has 1 fully saturated rings. The van der Waals surface area contributed by atoms with Crippen LogP contribution in [0.15, 0.2) is 60.7 Å². The Kier molecular flexibility index (Phi) is 7.48. The molecule has 1 aliphatic rings. The molecule has 0 spiro atoms. The van der Waals surface area contributed by atoms with Crippen molar-refractivity contribution in [3.63, 3.8) is 0 Å². The highest BCUT2D eigenvalue weighted by atomic mass is 16.3. The molecule has 0 bridgehead atoms. The number of benzene rings is 3. The van der Waals surface area contributed by atoms with Crippen LogP contribution in [0.2, 0.25) is 0 Å².